The zero-order valence-electron chi connectivity index (χ0n) is 6.95. The van der Waals surface area contributed by atoms with E-state index in [1.165, 1.54) is 18.2 Å². The van der Waals surface area contributed by atoms with Crippen LogP contribution in [-0.4, -0.2) is 10.9 Å². The molecule has 74 valence electrons. The van der Waals surface area contributed by atoms with Crippen molar-refractivity contribution in [1.82, 2.24) is 0 Å². The van der Waals surface area contributed by atoms with Gasteiger partial charge in [-0.3, -0.25) is 15.5 Å². The van der Waals surface area contributed by atoms with E-state index in [2.05, 4.69) is 5.32 Å². The first kappa shape index (κ1) is 10.3. The van der Waals surface area contributed by atoms with Crippen molar-refractivity contribution in [3.8, 4) is 0 Å². The molecule has 0 unspecified atom stereocenters. The van der Waals surface area contributed by atoms with Crippen LogP contribution in [0.1, 0.15) is 0 Å². The van der Waals surface area contributed by atoms with Crippen molar-refractivity contribution in [3.63, 3.8) is 0 Å². The van der Waals surface area contributed by atoms with Crippen molar-refractivity contribution in [1.29, 1.82) is 5.41 Å². The Bertz CT molecular complexity index is 393. The van der Waals surface area contributed by atoms with E-state index >= 15 is 0 Å². The zero-order valence-corrected chi connectivity index (χ0v) is 7.71. The number of nitrogens with zero attached hydrogens (tertiary/aromatic N) is 1. The van der Waals surface area contributed by atoms with Crippen molar-refractivity contribution in [2.45, 2.75) is 0 Å². The molecule has 0 aliphatic rings. The van der Waals surface area contributed by atoms with E-state index in [4.69, 9.17) is 22.7 Å². The molecule has 0 saturated carbocycles. The summed E-state index contributed by atoms with van der Waals surface area (Å²) >= 11 is 5.70. The van der Waals surface area contributed by atoms with Crippen molar-refractivity contribution in [2.24, 2.45) is 5.73 Å². The molecule has 14 heavy (non-hydrogen) atoms. The number of non-ortho nitro benzene ring substituents is 1. The van der Waals surface area contributed by atoms with Crippen LogP contribution < -0.4 is 11.1 Å². The Balaban J connectivity index is 3.01. The second kappa shape index (κ2) is 3.93. The minimum atomic E-state index is -0.552. The standard InChI is InChI=1S/C7H7ClN4O2/c8-5-3-4(12(13)14)1-2-6(5)11-7(9)10/h1-3H,(H4,9,10,11). The number of benzene rings is 1. The van der Waals surface area contributed by atoms with Gasteiger partial charge in [-0.1, -0.05) is 11.6 Å². The number of guanidine groups is 1. The van der Waals surface area contributed by atoms with Gasteiger partial charge >= 0.3 is 0 Å². The predicted octanol–water partition coefficient (Wildman–Crippen LogP) is 1.55. The number of rotatable bonds is 2. The Morgan fingerprint density at radius 3 is 2.71 bits per heavy atom. The Kier molecular flexibility index (Phi) is 2.88. The van der Waals surface area contributed by atoms with E-state index < -0.39 is 4.92 Å². The Hall–Kier alpha value is -1.82. The summed E-state index contributed by atoms with van der Waals surface area (Å²) in [6.45, 7) is 0. The zero-order chi connectivity index (χ0) is 10.7. The van der Waals surface area contributed by atoms with Crippen LogP contribution in [0.2, 0.25) is 5.02 Å². The largest absolute Gasteiger partial charge is 0.370 e. The van der Waals surface area contributed by atoms with Crippen molar-refractivity contribution in [3.05, 3.63) is 33.3 Å². The molecule has 0 aliphatic heterocycles. The average molecular weight is 215 g/mol. The molecule has 0 atom stereocenters. The van der Waals surface area contributed by atoms with E-state index in [1.54, 1.807) is 0 Å². The van der Waals surface area contributed by atoms with Crippen molar-refractivity contribution >= 4 is 28.9 Å². The number of nitrogens with one attached hydrogen (secondary N) is 2. The fourth-order valence-electron chi connectivity index (χ4n) is 0.864. The van der Waals surface area contributed by atoms with E-state index in [-0.39, 0.29) is 16.7 Å². The summed E-state index contributed by atoms with van der Waals surface area (Å²) < 4.78 is 0. The number of hydrogen-bond acceptors (Lipinski definition) is 3. The molecule has 7 heteroatoms. The minimum Gasteiger partial charge on any atom is -0.370 e. The number of nitro benzene ring substituents is 1. The molecular weight excluding hydrogens is 208 g/mol. The number of hydrogen-bond donors (Lipinski definition) is 3. The van der Waals surface area contributed by atoms with Crippen LogP contribution in [-0.2, 0) is 0 Å². The lowest BCUT2D eigenvalue weighted by molar-refractivity contribution is -0.384. The smallest absolute Gasteiger partial charge is 0.271 e. The lowest BCUT2D eigenvalue weighted by Gasteiger charge is -2.04. The highest BCUT2D eigenvalue weighted by Crippen LogP contribution is 2.26. The molecule has 0 aromatic heterocycles. The van der Waals surface area contributed by atoms with Gasteiger partial charge in [0.1, 0.15) is 0 Å². The number of anilines is 1. The molecule has 0 fully saturated rings. The second-order valence-corrected chi connectivity index (χ2v) is 2.87. The molecule has 1 rings (SSSR count). The van der Waals surface area contributed by atoms with Gasteiger partial charge in [0, 0.05) is 12.1 Å². The fraction of sp³-hybridized carbons (Fsp3) is 0. The molecule has 0 aliphatic carbocycles. The number of nitro groups is 1. The summed E-state index contributed by atoms with van der Waals surface area (Å²) in [4.78, 5) is 9.79. The topological polar surface area (TPSA) is 105 Å². The lowest BCUT2D eigenvalue weighted by atomic mass is 10.3. The van der Waals surface area contributed by atoms with E-state index in [0.29, 0.717) is 5.69 Å². The van der Waals surface area contributed by atoms with E-state index in [0.717, 1.165) is 0 Å². The number of halogens is 1. The quantitative estimate of drug-likeness (QED) is 0.301. The van der Waals surface area contributed by atoms with E-state index in [9.17, 15) is 10.1 Å². The van der Waals surface area contributed by atoms with Gasteiger partial charge in [0.2, 0.25) is 0 Å². The third-order valence-electron chi connectivity index (χ3n) is 1.43. The molecule has 0 bridgehead atoms. The molecule has 0 heterocycles. The van der Waals surface area contributed by atoms with Crippen molar-refractivity contribution in [2.75, 3.05) is 5.32 Å². The SMILES string of the molecule is N=C(N)Nc1ccc([N+](=O)[O-])cc1Cl. The summed E-state index contributed by atoms with van der Waals surface area (Å²) in [6.07, 6.45) is 0. The first-order valence-electron chi connectivity index (χ1n) is 3.55. The van der Waals surface area contributed by atoms with Crippen LogP contribution >= 0.6 is 11.6 Å². The summed E-state index contributed by atoms with van der Waals surface area (Å²) in [6, 6.07) is 3.85. The predicted molar refractivity (Wildman–Crippen MR) is 53.6 cm³/mol. The molecule has 4 N–H and O–H groups in total. The number of nitrogens with two attached hydrogens (primary N) is 1. The highest BCUT2D eigenvalue weighted by molar-refractivity contribution is 6.33. The van der Waals surface area contributed by atoms with Gasteiger partial charge < -0.3 is 11.1 Å². The van der Waals surface area contributed by atoms with E-state index in [1.807, 2.05) is 0 Å². The third kappa shape index (κ3) is 2.33. The monoisotopic (exact) mass is 214 g/mol. The van der Waals surface area contributed by atoms with Crippen LogP contribution in [0.5, 0.6) is 0 Å². The van der Waals surface area contributed by atoms with Crippen LogP contribution in [0, 0.1) is 15.5 Å². The van der Waals surface area contributed by atoms with Crippen LogP contribution in [0.3, 0.4) is 0 Å². The minimum absolute atomic E-state index is 0.107. The molecule has 0 spiro atoms. The van der Waals surface area contributed by atoms with Gasteiger partial charge in [0.25, 0.3) is 5.69 Å². The van der Waals surface area contributed by atoms with Gasteiger partial charge in [-0.15, -0.1) is 0 Å². The summed E-state index contributed by atoms with van der Waals surface area (Å²) in [5, 5.41) is 19.9. The highest BCUT2D eigenvalue weighted by Gasteiger charge is 2.09. The van der Waals surface area contributed by atoms with Gasteiger partial charge in [-0.2, -0.15) is 0 Å². The lowest BCUT2D eigenvalue weighted by Crippen LogP contribution is -2.20. The van der Waals surface area contributed by atoms with Gasteiger partial charge in [0.05, 0.1) is 15.6 Å². The molecule has 6 nitrogen and oxygen atoms in total. The first-order valence-corrected chi connectivity index (χ1v) is 3.93. The molecule has 0 saturated heterocycles. The molecule has 0 amide bonds. The van der Waals surface area contributed by atoms with Crippen LogP contribution in [0.4, 0.5) is 11.4 Å². The Morgan fingerprint density at radius 2 is 2.29 bits per heavy atom. The first-order chi connectivity index (χ1) is 6.50. The van der Waals surface area contributed by atoms with Gasteiger partial charge in [-0.05, 0) is 6.07 Å². The third-order valence-corrected chi connectivity index (χ3v) is 1.75. The average Bonchev–Trinajstić information content (AvgIpc) is 2.07. The maximum absolute atomic E-state index is 10.3. The fourth-order valence-corrected chi connectivity index (χ4v) is 1.09. The molecule has 0 radical (unpaired) electrons. The van der Waals surface area contributed by atoms with Gasteiger partial charge in [-0.25, -0.2) is 0 Å². The normalized spacial score (nSPS) is 9.50. The highest BCUT2D eigenvalue weighted by atomic mass is 35.5. The Morgan fingerprint density at radius 1 is 1.64 bits per heavy atom. The summed E-state index contributed by atoms with van der Waals surface area (Å²) in [7, 11) is 0. The maximum Gasteiger partial charge on any atom is 0.271 e. The molecule has 1 aromatic rings. The van der Waals surface area contributed by atoms with Crippen molar-refractivity contribution < 1.29 is 4.92 Å². The summed E-state index contributed by atoms with van der Waals surface area (Å²) in [5.41, 5.74) is 5.33. The summed E-state index contributed by atoms with van der Waals surface area (Å²) in [5.74, 6) is -0.277. The van der Waals surface area contributed by atoms with Crippen LogP contribution in [0.15, 0.2) is 18.2 Å². The van der Waals surface area contributed by atoms with Gasteiger partial charge in [0.15, 0.2) is 5.96 Å². The molecular formula is C7H7ClN4O2. The molecule has 1 aromatic carbocycles. The van der Waals surface area contributed by atoms with Crippen LogP contribution in [0.25, 0.3) is 0 Å². The maximum atomic E-state index is 10.3. The Labute approximate surface area is 84.3 Å². The second-order valence-electron chi connectivity index (χ2n) is 2.46.